The Balaban J connectivity index is 2.05. The van der Waals surface area contributed by atoms with E-state index < -0.39 is 5.97 Å². The molecule has 0 radical (unpaired) electrons. The van der Waals surface area contributed by atoms with Gasteiger partial charge in [-0.1, -0.05) is 36.1 Å². The predicted octanol–water partition coefficient (Wildman–Crippen LogP) is 3.05. The zero-order valence-electron chi connectivity index (χ0n) is 12.1. The second-order valence-corrected chi connectivity index (χ2v) is 7.11. The van der Waals surface area contributed by atoms with E-state index in [9.17, 15) is 9.59 Å². The molecule has 0 aliphatic carbocycles. The number of hydrogen-bond donors (Lipinski definition) is 2. The summed E-state index contributed by atoms with van der Waals surface area (Å²) in [5.74, 6) is -1.20. The Hall–Kier alpha value is -1.93. The summed E-state index contributed by atoms with van der Waals surface area (Å²) in [5, 5.41) is 20.2. The monoisotopic (exact) mass is 337 g/mol. The van der Waals surface area contributed by atoms with Gasteiger partial charge in [-0.15, -0.1) is 10.2 Å². The van der Waals surface area contributed by atoms with Crippen LogP contribution in [0.2, 0.25) is 0 Å². The number of nitrogens with zero attached hydrogens (tertiary/aromatic N) is 2. The van der Waals surface area contributed by atoms with Crippen LogP contribution < -0.4 is 5.32 Å². The van der Waals surface area contributed by atoms with Gasteiger partial charge >= 0.3 is 5.97 Å². The maximum absolute atomic E-state index is 12.3. The van der Waals surface area contributed by atoms with Crippen molar-refractivity contribution in [1.29, 1.82) is 0 Å². The maximum atomic E-state index is 12.3. The van der Waals surface area contributed by atoms with Crippen LogP contribution in [0.3, 0.4) is 0 Å². The Morgan fingerprint density at radius 3 is 2.77 bits per heavy atom. The van der Waals surface area contributed by atoms with Gasteiger partial charge in [-0.05, 0) is 31.5 Å². The number of nitrogens with one attached hydrogen (secondary N) is 1. The van der Waals surface area contributed by atoms with Crippen molar-refractivity contribution in [3.63, 3.8) is 0 Å². The van der Waals surface area contributed by atoms with Gasteiger partial charge in [0.25, 0.3) is 0 Å². The van der Waals surface area contributed by atoms with Crippen molar-refractivity contribution in [2.45, 2.75) is 29.9 Å². The topological polar surface area (TPSA) is 92.2 Å². The molecule has 0 aliphatic rings. The molecule has 0 spiro atoms. The third-order valence-electron chi connectivity index (χ3n) is 2.79. The van der Waals surface area contributed by atoms with E-state index in [0.717, 1.165) is 9.35 Å². The van der Waals surface area contributed by atoms with Gasteiger partial charge < -0.3 is 10.4 Å². The lowest BCUT2D eigenvalue weighted by atomic mass is 10.2. The van der Waals surface area contributed by atoms with Crippen LogP contribution in [-0.4, -0.2) is 32.4 Å². The average Bonchev–Trinajstić information content (AvgIpc) is 2.90. The molecule has 1 unspecified atom stereocenters. The molecular formula is C14H15N3O3S2. The lowest BCUT2D eigenvalue weighted by Crippen LogP contribution is -2.24. The Labute approximate surface area is 136 Å². The highest BCUT2D eigenvalue weighted by Crippen LogP contribution is 2.28. The fraction of sp³-hybridized carbons (Fsp3) is 0.286. The van der Waals surface area contributed by atoms with E-state index in [2.05, 4.69) is 15.5 Å². The Morgan fingerprint density at radius 1 is 1.41 bits per heavy atom. The highest BCUT2D eigenvalue weighted by Gasteiger charge is 2.20. The van der Waals surface area contributed by atoms with Crippen LogP contribution in [0, 0.1) is 6.92 Å². The van der Waals surface area contributed by atoms with Crippen LogP contribution in [-0.2, 0) is 4.79 Å². The molecule has 2 rings (SSSR count). The average molecular weight is 337 g/mol. The number of aryl methyl sites for hydroxylation is 1. The minimum absolute atomic E-state index is 0.137. The molecule has 2 aromatic rings. The minimum Gasteiger partial charge on any atom is -0.478 e. The van der Waals surface area contributed by atoms with Gasteiger partial charge in [-0.25, -0.2) is 4.79 Å². The van der Waals surface area contributed by atoms with E-state index in [4.69, 9.17) is 5.11 Å². The Bertz CT molecular complexity index is 687. The van der Waals surface area contributed by atoms with Gasteiger partial charge in [0.15, 0.2) is 4.34 Å². The first-order valence-corrected chi connectivity index (χ1v) is 8.30. The summed E-state index contributed by atoms with van der Waals surface area (Å²) in [5.41, 5.74) is 0.607. The summed E-state index contributed by atoms with van der Waals surface area (Å²) in [7, 11) is 0. The Morgan fingerprint density at radius 2 is 2.18 bits per heavy atom. The molecule has 22 heavy (non-hydrogen) atoms. The van der Waals surface area contributed by atoms with Gasteiger partial charge in [-0.2, -0.15) is 0 Å². The molecule has 0 fully saturated rings. The van der Waals surface area contributed by atoms with Gasteiger partial charge in [0.1, 0.15) is 5.01 Å². The summed E-state index contributed by atoms with van der Waals surface area (Å²) < 4.78 is 0.749. The van der Waals surface area contributed by atoms with Crippen molar-refractivity contribution >= 4 is 40.7 Å². The summed E-state index contributed by atoms with van der Waals surface area (Å²) in [6.07, 6.45) is 0.633. The quantitative estimate of drug-likeness (QED) is 0.787. The fourth-order valence-corrected chi connectivity index (χ4v) is 3.71. The number of benzene rings is 1. The van der Waals surface area contributed by atoms with Gasteiger partial charge in [-0.3, -0.25) is 4.79 Å². The maximum Gasteiger partial charge on any atom is 0.335 e. The molecule has 0 saturated heterocycles. The first-order chi connectivity index (χ1) is 10.5. The van der Waals surface area contributed by atoms with Crippen LogP contribution in [0.1, 0.15) is 28.7 Å². The number of aromatic nitrogens is 2. The normalized spacial score (nSPS) is 11.9. The smallest absolute Gasteiger partial charge is 0.335 e. The molecule has 8 heteroatoms. The van der Waals surface area contributed by atoms with Crippen molar-refractivity contribution in [2.75, 3.05) is 5.32 Å². The molecule has 6 nitrogen and oxygen atoms in total. The van der Waals surface area contributed by atoms with Crippen LogP contribution in [0.15, 0.2) is 28.6 Å². The lowest BCUT2D eigenvalue weighted by molar-refractivity contribution is -0.115. The van der Waals surface area contributed by atoms with Crippen molar-refractivity contribution in [1.82, 2.24) is 10.2 Å². The van der Waals surface area contributed by atoms with E-state index in [1.165, 1.54) is 35.2 Å². The molecule has 2 N–H and O–H groups in total. The van der Waals surface area contributed by atoms with Gasteiger partial charge in [0, 0.05) is 5.69 Å². The second-order valence-electron chi connectivity index (χ2n) is 4.48. The number of thioether (sulfide) groups is 1. The molecule has 0 saturated carbocycles. The summed E-state index contributed by atoms with van der Waals surface area (Å²) in [6.45, 7) is 3.78. The first kappa shape index (κ1) is 16.4. The molecule has 0 aliphatic heterocycles. The van der Waals surface area contributed by atoms with Crippen LogP contribution in [0.4, 0.5) is 5.69 Å². The Kier molecular flexibility index (Phi) is 5.51. The van der Waals surface area contributed by atoms with Crippen molar-refractivity contribution < 1.29 is 14.7 Å². The number of carbonyl (C=O) groups excluding carboxylic acids is 1. The van der Waals surface area contributed by atoms with Gasteiger partial charge in [0.2, 0.25) is 5.91 Å². The van der Waals surface area contributed by atoms with E-state index in [-0.39, 0.29) is 16.7 Å². The number of aromatic carboxylic acids is 1. The summed E-state index contributed by atoms with van der Waals surface area (Å²) in [6, 6.07) is 6.18. The van der Waals surface area contributed by atoms with Crippen LogP contribution >= 0.6 is 23.1 Å². The fourth-order valence-electron chi connectivity index (χ4n) is 1.72. The van der Waals surface area contributed by atoms with E-state index in [0.29, 0.717) is 12.1 Å². The van der Waals surface area contributed by atoms with E-state index in [1.807, 2.05) is 13.8 Å². The molecule has 0 bridgehead atoms. The predicted molar refractivity (Wildman–Crippen MR) is 86.6 cm³/mol. The zero-order valence-corrected chi connectivity index (χ0v) is 13.7. The number of amides is 1. The highest BCUT2D eigenvalue weighted by atomic mass is 32.2. The molecule has 116 valence electrons. The van der Waals surface area contributed by atoms with E-state index in [1.54, 1.807) is 12.1 Å². The molecular weight excluding hydrogens is 322 g/mol. The minimum atomic E-state index is -1.03. The third kappa shape index (κ3) is 4.28. The molecule has 1 aromatic heterocycles. The van der Waals surface area contributed by atoms with Crippen LogP contribution in [0.25, 0.3) is 0 Å². The van der Waals surface area contributed by atoms with Crippen molar-refractivity contribution in [3.05, 3.63) is 34.8 Å². The highest BCUT2D eigenvalue weighted by molar-refractivity contribution is 8.02. The summed E-state index contributed by atoms with van der Waals surface area (Å²) >= 11 is 2.81. The van der Waals surface area contributed by atoms with Crippen molar-refractivity contribution in [2.24, 2.45) is 0 Å². The lowest BCUT2D eigenvalue weighted by Gasteiger charge is -2.13. The SMILES string of the molecule is CCC(Sc1nnc(C)s1)C(=O)Nc1cccc(C(=O)O)c1. The number of carbonyl (C=O) groups is 2. The second kappa shape index (κ2) is 7.37. The van der Waals surface area contributed by atoms with Crippen molar-refractivity contribution in [3.8, 4) is 0 Å². The summed E-state index contributed by atoms with van der Waals surface area (Å²) in [4.78, 5) is 23.3. The number of anilines is 1. The number of carboxylic acids is 1. The standard InChI is InChI=1S/C14H15N3O3S2/c1-3-11(22-14-17-16-8(2)21-14)12(18)15-10-6-4-5-9(7-10)13(19)20/h4-7,11H,3H2,1-2H3,(H,15,18)(H,19,20). The zero-order chi connectivity index (χ0) is 16.1. The number of hydrogen-bond acceptors (Lipinski definition) is 6. The number of carboxylic acid groups (broad SMARTS) is 1. The largest absolute Gasteiger partial charge is 0.478 e. The molecule has 1 amide bonds. The molecule has 1 atom stereocenters. The molecule has 1 heterocycles. The number of rotatable bonds is 6. The molecule has 1 aromatic carbocycles. The van der Waals surface area contributed by atoms with Gasteiger partial charge in [0.05, 0.1) is 10.8 Å². The van der Waals surface area contributed by atoms with E-state index >= 15 is 0 Å². The third-order valence-corrected chi connectivity index (χ3v) is 5.08. The van der Waals surface area contributed by atoms with Crippen LogP contribution in [0.5, 0.6) is 0 Å². The first-order valence-electron chi connectivity index (χ1n) is 6.60.